The van der Waals surface area contributed by atoms with Crippen LogP contribution in [0.15, 0.2) is 12.1 Å². The third-order valence-corrected chi connectivity index (χ3v) is 2.22. The summed E-state index contributed by atoms with van der Waals surface area (Å²) in [6, 6.07) is 4.23. The van der Waals surface area contributed by atoms with Gasteiger partial charge < -0.3 is 9.64 Å². The summed E-state index contributed by atoms with van der Waals surface area (Å²) in [4.78, 5) is 1.53. The molecule has 1 aromatic rings. The van der Waals surface area contributed by atoms with E-state index < -0.39 is 11.6 Å². The van der Waals surface area contributed by atoms with Gasteiger partial charge in [-0.25, -0.2) is 8.78 Å². The molecule has 0 unspecified atom stereocenters. The molecule has 0 radical (unpaired) electrons. The van der Waals surface area contributed by atoms with Gasteiger partial charge in [0.1, 0.15) is 6.07 Å². The van der Waals surface area contributed by atoms with Crippen LogP contribution in [0.5, 0.6) is 0 Å². The number of anilines is 1. The lowest BCUT2D eigenvalue weighted by Crippen LogP contribution is -2.23. The first-order valence-electron chi connectivity index (χ1n) is 4.70. The standard InChI is InChI=1S/C11H12F2N2O/c1-15(5-6-16-2)9-4-3-8(7-14)10(12)11(9)13/h3-4H,5-6H2,1-2H3. The first-order chi connectivity index (χ1) is 7.61. The van der Waals surface area contributed by atoms with Crippen LogP contribution in [-0.2, 0) is 4.74 Å². The third kappa shape index (κ3) is 2.47. The molecule has 0 heterocycles. The molecule has 0 bridgehead atoms. The van der Waals surface area contributed by atoms with Crippen LogP contribution in [0.2, 0.25) is 0 Å². The van der Waals surface area contributed by atoms with E-state index in [4.69, 9.17) is 10.00 Å². The molecule has 0 fully saturated rings. The number of likely N-dealkylation sites (N-methyl/N-ethyl adjacent to an activating group) is 1. The van der Waals surface area contributed by atoms with E-state index in [-0.39, 0.29) is 11.3 Å². The molecule has 0 amide bonds. The van der Waals surface area contributed by atoms with E-state index in [9.17, 15) is 8.78 Å². The predicted octanol–water partition coefficient (Wildman–Crippen LogP) is 1.92. The molecule has 0 aromatic heterocycles. The highest BCUT2D eigenvalue weighted by Crippen LogP contribution is 2.22. The van der Waals surface area contributed by atoms with Crippen molar-refractivity contribution in [2.24, 2.45) is 0 Å². The maximum absolute atomic E-state index is 13.5. The molecule has 0 aliphatic heterocycles. The van der Waals surface area contributed by atoms with Crippen LogP contribution >= 0.6 is 0 Å². The van der Waals surface area contributed by atoms with Crippen LogP contribution in [0.3, 0.4) is 0 Å². The van der Waals surface area contributed by atoms with Crippen molar-refractivity contribution in [3.8, 4) is 6.07 Å². The minimum atomic E-state index is -1.11. The number of benzene rings is 1. The SMILES string of the molecule is COCCN(C)c1ccc(C#N)c(F)c1F. The highest BCUT2D eigenvalue weighted by atomic mass is 19.2. The summed E-state index contributed by atoms with van der Waals surface area (Å²) in [5.74, 6) is -2.11. The summed E-state index contributed by atoms with van der Waals surface area (Å²) in [6.45, 7) is 0.857. The van der Waals surface area contributed by atoms with Gasteiger partial charge in [0.25, 0.3) is 0 Å². The summed E-state index contributed by atoms with van der Waals surface area (Å²) in [5, 5.41) is 8.52. The lowest BCUT2D eigenvalue weighted by Gasteiger charge is -2.19. The molecular weight excluding hydrogens is 214 g/mol. The molecule has 0 aliphatic rings. The molecule has 0 aliphatic carbocycles. The van der Waals surface area contributed by atoms with Crippen molar-refractivity contribution in [2.45, 2.75) is 0 Å². The van der Waals surface area contributed by atoms with Gasteiger partial charge in [0, 0.05) is 20.7 Å². The summed E-state index contributed by atoms with van der Waals surface area (Å²) >= 11 is 0. The van der Waals surface area contributed by atoms with Gasteiger partial charge in [-0.1, -0.05) is 0 Å². The van der Waals surface area contributed by atoms with Crippen LogP contribution < -0.4 is 4.90 Å². The van der Waals surface area contributed by atoms with E-state index in [1.54, 1.807) is 13.1 Å². The molecule has 16 heavy (non-hydrogen) atoms. The number of hydrogen-bond donors (Lipinski definition) is 0. The topological polar surface area (TPSA) is 36.3 Å². The van der Waals surface area contributed by atoms with Crippen LogP contribution in [-0.4, -0.2) is 27.3 Å². The molecule has 86 valence electrons. The summed E-state index contributed by atoms with van der Waals surface area (Å²) in [6.07, 6.45) is 0. The van der Waals surface area contributed by atoms with Crippen LogP contribution in [0.1, 0.15) is 5.56 Å². The maximum atomic E-state index is 13.5. The van der Waals surface area contributed by atoms with Crippen molar-refractivity contribution in [1.29, 1.82) is 5.26 Å². The Morgan fingerprint density at radius 1 is 1.38 bits per heavy atom. The number of ether oxygens (including phenoxy) is 1. The van der Waals surface area contributed by atoms with Crippen molar-refractivity contribution < 1.29 is 13.5 Å². The number of hydrogen-bond acceptors (Lipinski definition) is 3. The minimum absolute atomic E-state index is 0.119. The average Bonchev–Trinajstić information content (AvgIpc) is 2.29. The molecule has 0 saturated heterocycles. The van der Waals surface area contributed by atoms with Gasteiger partial charge >= 0.3 is 0 Å². The first-order valence-corrected chi connectivity index (χ1v) is 4.70. The molecule has 1 aromatic carbocycles. The largest absolute Gasteiger partial charge is 0.383 e. The van der Waals surface area contributed by atoms with Crippen LogP contribution in [0, 0.1) is 23.0 Å². The highest BCUT2D eigenvalue weighted by molar-refractivity contribution is 5.51. The zero-order valence-electron chi connectivity index (χ0n) is 9.13. The lowest BCUT2D eigenvalue weighted by molar-refractivity contribution is 0.206. The lowest BCUT2D eigenvalue weighted by atomic mass is 10.2. The molecular formula is C11H12F2N2O. The monoisotopic (exact) mass is 226 g/mol. The van der Waals surface area contributed by atoms with Crippen LogP contribution in [0.4, 0.5) is 14.5 Å². The van der Waals surface area contributed by atoms with Crippen molar-refractivity contribution >= 4 is 5.69 Å². The fourth-order valence-corrected chi connectivity index (χ4v) is 1.27. The number of methoxy groups -OCH3 is 1. The molecule has 5 heteroatoms. The second kappa shape index (κ2) is 5.42. The van der Waals surface area contributed by atoms with E-state index >= 15 is 0 Å². The Balaban J connectivity index is 2.99. The number of nitriles is 1. The quantitative estimate of drug-likeness (QED) is 0.787. The number of nitrogens with zero attached hydrogens (tertiary/aromatic N) is 2. The van der Waals surface area contributed by atoms with Gasteiger partial charge in [-0.05, 0) is 12.1 Å². The van der Waals surface area contributed by atoms with Crippen LogP contribution in [0.25, 0.3) is 0 Å². The molecule has 1 rings (SSSR count). The second-order valence-corrected chi connectivity index (χ2v) is 3.29. The second-order valence-electron chi connectivity index (χ2n) is 3.29. The van der Waals surface area contributed by atoms with Gasteiger partial charge in [-0.2, -0.15) is 5.26 Å². The minimum Gasteiger partial charge on any atom is -0.383 e. The van der Waals surface area contributed by atoms with Crippen molar-refractivity contribution in [3.63, 3.8) is 0 Å². The molecule has 0 saturated carbocycles. The number of rotatable bonds is 4. The van der Waals surface area contributed by atoms with E-state index in [1.807, 2.05) is 0 Å². The van der Waals surface area contributed by atoms with Crippen molar-refractivity contribution in [3.05, 3.63) is 29.3 Å². The van der Waals surface area contributed by atoms with Gasteiger partial charge in [0.15, 0.2) is 11.6 Å². The number of halogens is 2. The fourth-order valence-electron chi connectivity index (χ4n) is 1.27. The molecule has 0 spiro atoms. The van der Waals surface area contributed by atoms with E-state index in [0.717, 1.165) is 0 Å². The van der Waals surface area contributed by atoms with Gasteiger partial charge in [0.2, 0.25) is 0 Å². The van der Waals surface area contributed by atoms with E-state index in [1.165, 1.54) is 24.1 Å². The Morgan fingerprint density at radius 3 is 2.62 bits per heavy atom. The van der Waals surface area contributed by atoms with E-state index in [2.05, 4.69) is 0 Å². The maximum Gasteiger partial charge on any atom is 0.183 e. The van der Waals surface area contributed by atoms with Gasteiger partial charge in [-0.3, -0.25) is 0 Å². The van der Waals surface area contributed by atoms with Gasteiger partial charge in [-0.15, -0.1) is 0 Å². The Labute approximate surface area is 92.9 Å². The molecule has 0 N–H and O–H groups in total. The summed E-state index contributed by atoms with van der Waals surface area (Å²) in [7, 11) is 3.16. The average molecular weight is 226 g/mol. The Kier molecular flexibility index (Phi) is 4.20. The highest BCUT2D eigenvalue weighted by Gasteiger charge is 2.15. The van der Waals surface area contributed by atoms with E-state index in [0.29, 0.717) is 13.2 Å². The zero-order valence-corrected chi connectivity index (χ0v) is 9.13. The Hall–Kier alpha value is -1.67. The van der Waals surface area contributed by atoms with Gasteiger partial charge in [0.05, 0.1) is 17.9 Å². The first kappa shape index (κ1) is 12.4. The summed E-state index contributed by atoms with van der Waals surface area (Å²) in [5.41, 5.74) is -0.171. The Bertz CT molecular complexity index is 415. The van der Waals surface area contributed by atoms with Crippen molar-refractivity contribution in [1.82, 2.24) is 0 Å². The smallest absolute Gasteiger partial charge is 0.183 e. The molecule has 3 nitrogen and oxygen atoms in total. The third-order valence-electron chi connectivity index (χ3n) is 2.22. The fraction of sp³-hybridized carbons (Fsp3) is 0.364. The summed E-state index contributed by atoms with van der Waals surface area (Å²) < 4.78 is 31.6. The zero-order chi connectivity index (χ0) is 12.1. The molecule has 0 atom stereocenters. The normalized spacial score (nSPS) is 9.94. The Morgan fingerprint density at radius 2 is 2.06 bits per heavy atom. The van der Waals surface area contributed by atoms with Crippen molar-refractivity contribution in [2.75, 3.05) is 32.2 Å². The predicted molar refractivity (Wildman–Crippen MR) is 56.2 cm³/mol.